The van der Waals surface area contributed by atoms with Gasteiger partial charge in [-0.05, 0) is 6.92 Å². The number of aromatic nitrogens is 2. The van der Waals surface area contributed by atoms with Crippen molar-refractivity contribution in [2.24, 2.45) is 7.05 Å². The van der Waals surface area contributed by atoms with E-state index in [2.05, 4.69) is 17.1 Å². The predicted molar refractivity (Wildman–Crippen MR) is 53.4 cm³/mol. The Bertz CT molecular complexity index is 401. The molecule has 0 radical (unpaired) electrons. The highest BCUT2D eigenvalue weighted by atomic mass is 15.0. The Balaban J connectivity index is 2.53. The molecule has 2 aromatic rings. The van der Waals surface area contributed by atoms with Crippen LogP contribution in [0.5, 0.6) is 0 Å². The summed E-state index contributed by atoms with van der Waals surface area (Å²) in [5, 5.41) is 0. The molecule has 2 heteroatoms. The van der Waals surface area contributed by atoms with Gasteiger partial charge in [0.2, 0.25) is 0 Å². The third-order valence-electron chi connectivity index (χ3n) is 2.03. The molecule has 13 heavy (non-hydrogen) atoms. The SMILES string of the molecule is Cc1cn(C)c(-c2ccccc2)n1. The van der Waals surface area contributed by atoms with Crippen LogP contribution in [0.25, 0.3) is 11.4 Å². The zero-order valence-electron chi connectivity index (χ0n) is 7.86. The fraction of sp³-hybridized carbons (Fsp3) is 0.182. The molecule has 2 rings (SSSR count). The zero-order valence-corrected chi connectivity index (χ0v) is 7.86. The number of imidazole rings is 1. The van der Waals surface area contributed by atoms with Crippen LogP contribution in [0.2, 0.25) is 0 Å². The summed E-state index contributed by atoms with van der Waals surface area (Å²) < 4.78 is 2.05. The van der Waals surface area contributed by atoms with Crippen molar-refractivity contribution in [1.82, 2.24) is 9.55 Å². The van der Waals surface area contributed by atoms with E-state index in [-0.39, 0.29) is 0 Å². The highest BCUT2D eigenvalue weighted by molar-refractivity contribution is 5.55. The molecule has 0 aliphatic rings. The topological polar surface area (TPSA) is 17.8 Å². The second kappa shape index (κ2) is 3.05. The van der Waals surface area contributed by atoms with E-state index in [1.807, 2.05) is 42.9 Å². The third-order valence-corrected chi connectivity index (χ3v) is 2.03. The summed E-state index contributed by atoms with van der Waals surface area (Å²) in [5.41, 5.74) is 2.22. The van der Waals surface area contributed by atoms with E-state index in [9.17, 15) is 0 Å². The molecule has 0 aliphatic heterocycles. The van der Waals surface area contributed by atoms with Crippen LogP contribution >= 0.6 is 0 Å². The number of hydrogen-bond acceptors (Lipinski definition) is 1. The van der Waals surface area contributed by atoms with Gasteiger partial charge < -0.3 is 4.57 Å². The van der Waals surface area contributed by atoms with Gasteiger partial charge in [-0.1, -0.05) is 30.3 Å². The number of benzene rings is 1. The van der Waals surface area contributed by atoms with Gasteiger partial charge in [-0.3, -0.25) is 0 Å². The first-order valence-corrected chi connectivity index (χ1v) is 4.33. The van der Waals surface area contributed by atoms with E-state index in [4.69, 9.17) is 0 Å². The fourth-order valence-corrected chi connectivity index (χ4v) is 1.47. The quantitative estimate of drug-likeness (QED) is 0.645. The van der Waals surface area contributed by atoms with Crippen LogP contribution in [0.15, 0.2) is 36.5 Å². The van der Waals surface area contributed by atoms with Gasteiger partial charge in [-0.25, -0.2) is 4.98 Å². The van der Waals surface area contributed by atoms with Crippen LogP contribution < -0.4 is 0 Å². The molecule has 66 valence electrons. The van der Waals surface area contributed by atoms with E-state index in [0.29, 0.717) is 0 Å². The van der Waals surface area contributed by atoms with Crippen LogP contribution in [0.4, 0.5) is 0 Å². The minimum atomic E-state index is 1.03. The first-order chi connectivity index (χ1) is 6.27. The van der Waals surface area contributed by atoms with Gasteiger partial charge in [0.05, 0.1) is 5.69 Å². The molecule has 2 nitrogen and oxygen atoms in total. The van der Waals surface area contributed by atoms with Crippen molar-refractivity contribution in [3.8, 4) is 11.4 Å². The summed E-state index contributed by atoms with van der Waals surface area (Å²) in [7, 11) is 2.02. The Morgan fingerprint density at radius 2 is 1.85 bits per heavy atom. The Hall–Kier alpha value is -1.57. The summed E-state index contributed by atoms with van der Waals surface area (Å²) >= 11 is 0. The average molecular weight is 172 g/mol. The highest BCUT2D eigenvalue weighted by Crippen LogP contribution is 2.16. The molecule has 0 amide bonds. The molecule has 0 unspecified atom stereocenters. The van der Waals surface area contributed by atoms with Crippen molar-refractivity contribution in [2.75, 3.05) is 0 Å². The summed E-state index contributed by atoms with van der Waals surface area (Å²) in [6, 6.07) is 10.2. The molecule has 1 heterocycles. The van der Waals surface area contributed by atoms with Crippen molar-refractivity contribution < 1.29 is 0 Å². The van der Waals surface area contributed by atoms with Crippen molar-refractivity contribution in [2.45, 2.75) is 6.92 Å². The second-order valence-electron chi connectivity index (χ2n) is 3.18. The van der Waals surface area contributed by atoms with Crippen LogP contribution in [-0.2, 0) is 7.05 Å². The Morgan fingerprint density at radius 3 is 2.38 bits per heavy atom. The molecule has 0 spiro atoms. The third kappa shape index (κ3) is 1.47. The zero-order chi connectivity index (χ0) is 9.26. The van der Waals surface area contributed by atoms with Crippen molar-refractivity contribution >= 4 is 0 Å². The Morgan fingerprint density at radius 1 is 1.15 bits per heavy atom. The molecular weight excluding hydrogens is 160 g/mol. The lowest BCUT2D eigenvalue weighted by Gasteiger charge is -1.99. The number of rotatable bonds is 1. The summed E-state index contributed by atoms with van der Waals surface area (Å²) in [5.74, 6) is 1.03. The van der Waals surface area contributed by atoms with Gasteiger partial charge in [0.15, 0.2) is 0 Å². The van der Waals surface area contributed by atoms with Gasteiger partial charge >= 0.3 is 0 Å². The largest absolute Gasteiger partial charge is 0.334 e. The summed E-state index contributed by atoms with van der Waals surface area (Å²) in [4.78, 5) is 4.44. The molecule has 0 N–H and O–H groups in total. The predicted octanol–water partition coefficient (Wildman–Crippen LogP) is 2.40. The lowest BCUT2D eigenvalue weighted by molar-refractivity contribution is 0.924. The Kier molecular flexibility index (Phi) is 1.89. The van der Waals surface area contributed by atoms with E-state index >= 15 is 0 Å². The van der Waals surface area contributed by atoms with E-state index in [0.717, 1.165) is 17.1 Å². The second-order valence-corrected chi connectivity index (χ2v) is 3.18. The Labute approximate surface area is 77.9 Å². The number of aryl methyl sites for hydroxylation is 2. The maximum Gasteiger partial charge on any atom is 0.139 e. The molecule has 0 atom stereocenters. The molecule has 0 bridgehead atoms. The van der Waals surface area contributed by atoms with Crippen molar-refractivity contribution in [1.29, 1.82) is 0 Å². The first-order valence-electron chi connectivity index (χ1n) is 4.33. The molecule has 0 fully saturated rings. The highest BCUT2D eigenvalue weighted by Gasteiger charge is 2.03. The average Bonchev–Trinajstić information content (AvgIpc) is 2.47. The number of nitrogens with zero attached hydrogens (tertiary/aromatic N) is 2. The van der Waals surface area contributed by atoms with Crippen LogP contribution in [0, 0.1) is 6.92 Å². The van der Waals surface area contributed by atoms with Crippen molar-refractivity contribution in [3.63, 3.8) is 0 Å². The lowest BCUT2D eigenvalue weighted by Crippen LogP contribution is -1.89. The van der Waals surface area contributed by atoms with Crippen LogP contribution in [-0.4, -0.2) is 9.55 Å². The van der Waals surface area contributed by atoms with E-state index < -0.39 is 0 Å². The molecule has 0 saturated heterocycles. The summed E-state index contributed by atoms with van der Waals surface area (Å²) in [6.07, 6.45) is 2.03. The number of hydrogen-bond donors (Lipinski definition) is 0. The van der Waals surface area contributed by atoms with Gasteiger partial charge in [0, 0.05) is 18.8 Å². The van der Waals surface area contributed by atoms with Gasteiger partial charge in [-0.2, -0.15) is 0 Å². The minimum Gasteiger partial charge on any atom is -0.334 e. The van der Waals surface area contributed by atoms with Gasteiger partial charge in [0.1, 0.15) is 5.82 Å². The summed E-state index contributed by atoms with van der Waals surface area (Å²) in [6.45, 7) is 2.01. The maximum absolute atomic E-state index is 4.44. The standard InChI is InChI=1S/C11H12N2/c1-9-8-13(2)11(12-9)10-6-4-3-5-7-10/h3-8H,1-2H3. The van der Waals surface area contributed by atoms with E-state index in [1.54, 1.807) is 0 Å². The maximum atomic E-state index is 4.44. The van der Waals surface area contributed by atoms with E-state index in [1.165, 1.54) is 0 Å². The molecule has 0 aliphatic carbocycles. The monoisotopic (exact) mass is 172 g/mol. The molecule has 0 saturated carbocycles. The molecule has 1 aromatic carbocycles. The molecule has 1 aromatic heterocycles. The van der Waals surface area contributed by atoms with Crippen LogP contribution in [0.3, 0.4) is 0 Å². The smallest absolute Gasteiger partial charge is 0.139 e. The normalized spacial score (nSPS) is 10.3. The van der Waals surface area contributed by atoms with Gasteiger partial charge in [0.25, 0.3) is 0 Å². The fourth-order valence-electron chi connectivity index (χ4n) is 1.47. The van der Waals surface area contributed by atoms with Crippen molar-refractivity contribution in [3.05, 3.63) is 42.2 Å². The molecular formula is C11H12N2. The first kappa shape index (κ1) is 8.05. The minimum absolute atomic E-state index is 1.03. The van der Waals surface area contributed by atoms with Crippen LogP contribution in [0.1, 0.15) is 5.69 Å². The van der Waals surface area contributed by atoms with Gasteiger partial charge in [-0.15, -0.1) is 0 Å². The lowest BCUT2D eigenvalue weighted by atomic mass is 10.2.